The minimum atomic E-state index is -4.78. The highest BCUT2D eigenvalue weighted by atomic mass is 19.4. The second-order valence-electron chi connectivity index (χ2n) is 5.40. The van der Waals surface area contributed by atoms with Crippen LogP contribution in [0.3, 0.4) is 0 Å². The number of fused-ring (bicyclic) bond motifs is 1. The van der Waals surface area contributed by atoms with E-state index in [0.29, 0.717) is 0 Å². The topological polar surface area (TPSA) is 105 Å². The van der Waals surface area contributed by atoms with Gasteiger partial charge in [-0.3, -0.25) is 10.1 Å². The van der Waals surface area contributed by atoms with E-state index in [1.54, 1.807) is 0 Å². The van der Waals surface area contributed by atoms with E-state index in [9.17, 15) is 28.1 Å². The minimum Gasteiger partial charge on any atom is -0.478 e. The quantitative estimate of drug-likeness (QED) is 0.593. The summed E-state index contributed by atoms with van der Waals surface area (Å²) >= 11 is 0. The van der Waals surface area contributed by atoms with Gasteiger partial charge < -0.3 is 10.4 Å². The monoisotopic (exact) mass is 387 g/mol. The number of aromatic nitrogens is 1. The molecule has 0 spiro atoms. The lowest BCUT2D eigenvalue weighted by molar-refractivity contribution is -0.383. The van der Waals surface area contributed by atoms with Crippen molar-refractivity contribution in [3.8, 4) is 0 Å². The second-order valence-corrected chi connectivity index (χ2v) is 5.40. The van der Waals surface area contributed by atoms with Gasteiger partial charge in [0.25, 0.3) is 5.69 Å². The Morgan fingerprint density at radius 2 is 1.85 bits per heavy atom. The maximum Gasteiger partial charge on any atom is 0.433 e. The highest BCUT2D eigenvalue weighted by molar-refractivity contribution is 6.05. The summed E-state index contributed by atoms with van der Waals surface area (Å²) in [5.41, 5.74) is -3.02. The molecule has 2 N–H and O–H groups in total. The van der Waals surface area contributed by atoms with Crippen LogP contribution in [0, 0.1) is 10.1 Å². The molecule has 148 valence electrons. The number of hydrogen-bond acceptors (Lipinski definition) is 5. The van der Waals surface area contributed by atoms with Crippen LogP contribution in [-0.2, 0) is 12.6 Å². The lowest BCUT2D eigenvalue weighted by atomic mass is 10.0. The molecule has 0 fully saturated rings. The molecule has 2 aromatic rings. The number of alkyl halides is 3. The van der Waals surface area contributed by atoms with Gasteiger partial charge in [0.2, 0.25) is 0 Å². The van der Waals surface area contributed by atoms with Crippen LogP contribution in [0.25, 0.3) is 10.9 Å². The number of halogens is 3. The molecule has 27 heavy (non-hydrogen) atoms. The number of nitrogens with one attached hydrogen (secondary N) is 1. The number of carboxylic acids is 1. The standard InChI is InChI=1S/C13H9F3N2O4.C4H11N/c1-2-6-5-8-9(18(21)22)4-3-7(12(19)20)10(8)17-11(6)13(14,15)16;1-3-5-4-2/h3-5H,2H2,1H3,(H,19,20);5H,3-4H2,1-2H3. The molecule has 7 nitrogen and oxygen atoms in total. The molecule has 0 saturated heterocycles. The van der Waals surface area contributed by atoms with Gasteiger partial charge in [0.1, 0.15) is 5.69 Å². The number of nitro groups is 1. The van der Waals surface area contributed by atoms with Crippen molar-refractivity contribution in [2.75, 3.05) is 13.1 Å². The van der Waals surface area contributed by atoms with Gasteiger partial charge in [-0.1, -0.05) is 20.8 Å². The van der Waals surface area contributed by atoms with Crippen LogP contribution in [0.2, 0.25) is 0 Å². The Morgan fingerprint density at radius 1 is 1.26 bits per heavy atom. The average molecular weight is 387 g/mol. The van der Waals surface area contributed by atoms with Crippen molar-refractivity contribution < 1.29 is 28.0 Å². The summed E-state index contributed by atoms with van der Waals surface area (Å²) in [6, 6.07) is 2.80. The molecule has 1 aromatic heterocycles. The summed E-state index contributed by atoms with van der Waals surface area (Å²) in [6.45, 7) is 7.84. The third kappa shape index (κ3) is 5.36. The molecule has 2 rings (SSSR count). The molecule has 1 heterocycles. The largest absolute Gasteiger partial charge is 0.478 e. The fourth-order valence-corrected chi connectivity index (χ4v) is 2.38. The summed E-state index contributed by atoms with van der Waals surface area (Å²) in [5.74, 6) is -1.51. The van der Waals surface area contributed by atoms with E-state index >= 15 is 0 Å². The van der Waals surface area contributed by atoms with Gasteiger partial charge in [-0.2, -0.15) is 13.2 Å². The maximum absolute atomic E-state index is 13.0. The number of aryl methyl sites for hydroxylation is 1. The average Bonchev–Trinajstić information content (AvgIpc) is 2.59. The first kappa shape index (κ1) is 22.3. The number of rotatable bonds is 5. The minimum absolute atomic E-state index is 0.0494. The molecule has 0 unspecified atom stereocenters. The van der Waals surface area contributed by atoms with Gasteiger partial charge in [0.15, 0.2) is 0 Å². The van der Waals surface area contributed by atoms with Gasteiger partial charge >= 0.3 is 12.1 Å². The molecular formula is C17H20F3N3O4. The Kier molecular flexibility index (Phi) is 7.65. The fourth-order valence-electron chi connectivity index (χ4n) is 2.38. The van der Waals surface area contributed by atoms with Crippen molar-refractivity contribution in [3.63, 3.8) is 0 Å². The van der Waals surface area contributed by atoms with Gasteiger partial charge in [-0.05, 0) is 37.2 Å². The zero-order valence-electron chi connectivity index (χ0n) is 15.1. The molecule has 0 atom stereocenters. The Bertz CT molecular complexity index is 836. The van der Waals surface area contributed by atoms with Crippen molar-refractivity contribution in [2.45, 2.75) is 33.4 Å². The molecule has 0 aliphatic carbocycles. The van der Waals surface area contributed by atoms with Crippen LogP contribution in [0.1, 0.15) is 42.4 Å². The van der Waals surface area contributed by atoms with E-state index in [2.05, 4.69) is 24.1 Å². The Hall–Kier alpha value is -2.75. The van der Waals surface area contributed by atoms with Gasteiger partial charge in [-0.15, -0.1) is 0 Å². The van der Waals surface area contributed by atoms with E-state index in [0.717, 1.165) is 31.3 Å². The molecule has 0 radical (unpaired) electrons. The third-order valence-corrected chi connectivity index (χ3v) is 3.62. The first-order chi connectivity index (χ1) is 12.6. The first-order valence-electron chi connectivity index (χ1n) is 8.20. The van der Waals surface area contributed by atoms with Crippen molar-refractivity contribution in [2.24, 2.45) is 0 Å². The number of pyridine rings is 1. The highest BCUT2D eigenvalue weighted by Gasteiger charge is 2.36. The number of non-ortho nitro benzene ring substituents is 1. The number of nitro benzene ring substituents is 1. The summed E-state index contributed by atoms with van der Waals surface area (Å²) in [6.07, 6.45) is -4.83. The number of carbonyl (C=O) groups is 1. The van der Waals surface area contributed by atoms with E-state index in [1.165, 1.54) is 6.92 Å². The third-order valence-electron chi connectivity index (χ3n) is 3.62. The smallest absolute Gasteiger partial charge is 0.433 e. The fraction of sp³-hybridized carbons (Fsp3) is 0.412. The first-order valence-corrected chi connectivity index (χ1v) is 8.20. The number of nitrogens with zero attached hydrogens (tertiary/aromatic N) is 2. The van der Waals surface area contributed by atoms with Crippen LogP contribution in [-0.4, -0.2) is 34.1 Å². The van der Waals surface area contributed by atoms with Crippen LogP contribution in [0.15, 0.2) is 18.2 Å². The van der Waals surface area contributed by atoms with Crippen LogP contribution >= 0.6 is 0 Å². The van der Waals surface area contributed by atoms with E-state index in [4.69, 9.17) is 5.11 Å². The second kappa shape index (κ2) is 9.26. The zero-order valence-corrected chi connectivity index (χ0v) is 15.1. The maximum atomic E-state index is 13.0. The Morgan fingerprint density at radius 3 is 2.22 bits per heavy atom. The SMILES string of the molecule is CCNCC.CCc1cc2c([N+](=O)[O-])ccc(C(=O)O)c2nc1C(F)(F)F. The zero-order chi connectivity index (χ0) is 20.8. The van der Waals surface area contributed by atoms with Crippen LogP contribution in [0.4, 0.5) is 18.9 Å². The van der Waals surface area contributed by atoms with Crippen molar-refractivity contribution in [1.29, 1.82) is 0 Å². The van der Waals surface area contributed by atoms with E-state index in [-0.39, 0.29) is 17.4 Å². The molecule has 0 aliphatic rings. The van der Waals surface area contributed by atoms with E-state index in [1.807, 2.05) is 0 Å². The predicted molar refractivity (Wildman–Crippen MR) is 94.0 cm³/mol. The molecule has 0 aliphatic heterocycles. The molecule has 0 saturated carbocycles. The molecule has 0 bridgehead atoms. The van der Waals surface area contributed by atoms with Gasteiger partial charge in [0, 0.05) is 6.07 Å². The Labute approximate surface area is 153 Å². The van der Waals surface area contributed by atoms with Gasteiger partial charge in [-0.25, -0.2) is 9.78 Å². The summed E-state index contributed by atoms with van der Waals surface area (Å²) in [7, 11) is 0. The van der Waals surface area contributed by atoms with Gasteiger partial charge in [0.05, 0.1) is 21.4 Å². The van der Waals surface area contributed by atoms with Crippen LogP contribution in [0.5, 0.6) is 0 Å². The molecule has 0 amide bonds. The van der Waals surface area contributed by atoms with Crippen molar-refractivity contribution in [1.82, 2.24) is 10.3 Å². The summed E-state index contributed by atoms with van der Waals surface area (Å²) < 4.78 is 39.0. The lowest BCUT2D eigenvalue weighted by Crippen LogP contribution is -2.13. The predicted octanol–water partition coefficient (Wildman–Crippen LogP) is 4.04. The molecular weight excluding hydrogens is 367 g/mol. The molecule has 10 heteroatoms. The highest BCUT2D eigenvalue weighted by Crippen LogP contribution is 2.36. The number of hydrogen-bond donors (Lipinski definition) is 2. The van der Waals surface area contributed by atoms with Crippen LogP contribution < -0.4 is 5.32 Å². The summed E-state index contributed by atoms with van der Waals surface area (Å²) in [4.78, 5) is 24.7. The lowest BCUT2D eigenvalue weighted by Gasteiger charge is -2.13. The normalized spacial score (nSPS) is 11.0. The van der Waals surface area contributed by atoms with Crippen molar-refractivity contribution >= 4 is 22.6 Å². The Balaban J connectivity index is 0.000000646. The number of carboxylic acid groups (broad SMARTS) is 1. The van der Waals surface area contributed by atoms with Crippen molar-refractivity contribution in [3.05, 3.63) is 45.1 Å². The summed E-state index contributed by atoms with van der Waals surface area (Å²) in [5, 5.41) is 22.9. The number of aromatic carboxylic acids is 1. The van der Waals surface area contributed by atoms with E-state index < -0.39 is 39.5 Å². The molecule has 1 aromatic carbocycles. The number of benzene rings is 1.